The van der Waals surface area contributed by atoms with Crippen molar-refractivity contribution >= 4 is 21.9 Å². The summed E-state index contributed by atoms with van der Waals surface area (Å²) in [5.74, 6) is 0.113. The molecule has 106 valence electrons. The Balaban J connectivity index is 2.93. The van der Waals surface area contributed by atoms with Gasteiger partial charge in [-0.15, -0.1) is 0 Å². The van der Waals surface area contributed by atoms with Crippen molar-refractivity contribution in [2.24, 2.45) is 0 Å². The molecular formula is C14H19BrO4. The van der Waals surface area contributed by atoms with Crippen molar-refractivity contribution in [2.75, 3.05) is 6.61 Å². The smallest absolute Gasteiger partial charge is 0.347 e. The van der Waals surface area contributed by atoms with E-state index >= 15 is 0 Å². The minimum atomic E-state index is -0.674. The second-order valence-electron chi connectivity index (χ2n) is 4.12. The van der Waals surface area contributed by atoms with Crippen LogP contribution in [-0.4, -0.2) is 23.8 Å². The first-order valence-corrected chi connectivity index (χ1v) is 7.09. The second kappa shape index (κ2) is 7.50. The van der Waals surface area contributed by atoms with Gasteiger partial charge in [-0.25, -0.2) is 4.79 Å². The number of carbonyl (C=O) groups excluding carboxylic acids is 1. The lowest BCUT2D eigenvalue weighted by Gasteiger charge is -2.19. The summed E-state index contributed by atoms with van der Waals surface area (Å²) in [6.07, 6.45) is -0.820. The van der Waals surface area contributed by atoms with E-state index in [0.29, 0.717) is 24.3 Å². The number of aliphatic hydroxyl groups excluding tert-OH is 1. The van der Waals surface area contributed by atoms with Crippen LogP contribution in [0.15, 0.2) is 22.7 Å². The van der Waals surface area contributed by atoms with Gasteiger partial charge in [-0.2, -0.15) is 0 Å². The van der Waals surface area contributed by atoms with Crippen LogP contribution in [0.3, 0.4) is 0 Å². The molecule has 1 rings (SSSR count). The van der Waals surface area contributed by atoms with Crippen molar-refractivity contribution in [3.05, 3.63) is 28.2 Å². The molecule has 0 saturated heterocycles. The highest BCUT2D eigenvalue weighted by atomic mass is 79.9. The lowest BCUT2D eigenvalue weighted by Crippen LogP contribution is -2.29. The van der Waals surface area contributed by atoms with Crippen LogP contribution in [0.5, 0.6) is 5.75 Å². The summed E-state index contributed by atoms with van der Waals surface area (Å²) in [5, 5.41) is 9.74. The van der Waals surface area contributed by atoms with E-state index in [1.807, 2.05) is 6.92 Å². The van der Waals surface area contributed by atoms with Gasteiger partial charge in [0.15, 0.2) is 6.10 Å². The summed E-state index contributed by atoms with van der Waals surface area (Å²) in [5.41, 5.74) is 0.636. The van der Waals surface area contributed by atoms with Gasteiger partial charge in [-0.3, -0.25) is 0 Å². The fraction of sp³-hybridized carbons (Fsp3) is 0.500. The molecule has 0 aliphatic carbocycles. The Morgan fingerprint density at radius 2 is 2.11 bits per heavy atom. The first-order valence-electron chi connectivity index (χ1n) is 6.30. The van der Waals surface area contributed by atoms with Crippen molar-refractivity contribution in [3.63, 3.8) is 0 Å². The van der Waals surface area contributed by atoms with E-state index in [1.54, 1.807) is 32.0 Å². The second-order valence-corrected chi connectivity index (χ2v) is 5.04. The van der Waals surface area contributed by atoms with Crippen molar-refractivity contribution in [1.29, 1.82) is 0 Å². The molecule has 4 nitrogen and oxygen atoms in total. The maximum Gasteiger partial charge on any atom is 0.347 e. The van der Waals surface area contributed by atoms with Crippen LogP contribution in [0.2, 0.25) is 0 Å². The number of hydrogen-bond donors (Lipinski definition) is 1. The van der Waals surface area contributed by atoms with Gasteiger partial charge in [0.1, 0.15) is 5.75 Å². The topological polar surface area (TPSA) is 55.8 Å². The average Bonchev–Trinajstić information content (AvgIpc) is 2.37. The number of esters is 1. The zero-order valence-electron chi connectivity index (χ0n) is 11.4. The third kappa shape index (κ3) is 4.51. The van der Waals surface area contributed by atoms with E-state index in [0.717, 1.165) is 4.47 Å². The van der Waals surface area contributed by atoms with Crippen LogP contribution in [-0.2, 0) is 9.53 Å². The molecule has 5 heteroatoms. The monoisotopic (exact) mass is 330 g/mol. The van der Waals surface area contributed by atoms with E-state index in [1.165, 1.54) is 0 Å². The zero-order valence-corrected chi connectivity index (χ0v) is 12.9. The average molecular weight is 331 g/mol. The fourth-order valence-electron chi connectivity index (χ4n) is 1.64. The summed E-state index contributed by atoms with van der Waals surface area (Å²) in [6.45, 7) is 5.58. The van der Waals surface area contributed by atoms with E-state index in [9.17, 15) is 9.90 Å². The van der Waals surface area contributed by atoms with Crippen molar-refractivity contribution < 1.29 is 19.4 Å². The van der Waals surface area contributed by atoms with Crippen LogP contribution in [0, 0.1) is 0 Å². The van der Waals surface area contributed by atoms with Gasteiger partial charge in [-0.1, -0.05) is 22.9 Å². The Morgan fingerprint density at radius 1 is 1.42 bits per heavy atom. The van der Waals surface area contributed by atoms with Gasteiger partial charge >= 0.3 is 5.97 Å². The molecule has 19 heavy (non-hydrogen) atoms. The van der Waals surface area contributed by atoms with E-state index in [2.05, 4.69) is 15.9 Å². The SMILES string of the molecule is CCOC(=O)C(CC)Oc1ccc(Br)cc1[C@@H](C)O. The molecule has 1 aromatic carbocycles. The van der Waals surface area contributed by atoms with Crippen molar-refractivity contribution in [3.8, 4) is 5.75 Å². The van der Waals surface area contributed by atoms with E-state index in [4.69, 9.17) is 9.47 Å². The number of halogens is 1. The van der Waals surface area contributed by atoms with Gasteiger partial charge < -0.3 is 14.6 Å². The summed E-state index contributed by atoms with van der Waals surface area (Å²) in [6, 6.07) is 5.31. The molecule has 2 atom stereocenters. The Bertz CT molecular complexity index is 431. The minimum Gasteiger partial charge on any atom is -0.478 e. The highest BCUT2D eigenvalue weighted by Gasteiger charge is 2.21. The van der Waals surface area contributed by atoms with Crippen LogP contribution in [0.1, 0.15) is 38.9 Å². The molecule has 0 aromatic heterocycles. The molecule has 0 heterocycles. The molecule has 0 amide bonds. The lowest BCUT2D eigenvalue weighted by molar-refractivity contribution is -0.151. The van der Waals surface area contributed by atoms with Crippen LogP contribution < -0.4 is 4.74 Å². The molecular weight excluding hydrogens is 312 g/mol. The molecule has 1 N–H and O–H groups in total. The van der Waals surface area contributed by atoms with Crippen molar-refractivity contribution in [1.82, 2.24) is 0 Å². The fourth-order valence-corrected chi connectivity index (χ4v) is 2.02. The quantitative estimate of drug-likeness (QED) is 0.813. The molecule has 1 unspecified atom stereocenters. The molecule has 0 aliphatic rings. The first-order chi connectivity index (χ1) is 8.99. The lowest BCUT2D eigenvalue weighted by atomic mass is 10.1. The number of hydrogen-bond acceptors (Lipinski definition) is 4. The summed E-state index contributed by atoms with van der Waals surface area (Å²) in [4.78, 5) is 11.7. The normalized spacial score (nSPS) is 13.7. The predicted molar refractivity (Wildman–Crippen MR) is 76.1 cm³/mol. The molecule has 0 radical (unpaired) electrons. The Morgan fingerprint density at radius 3 is 2.63 bits per heavy atom. The van der Waals surface area contributed by atoms with Gasteiger partial charge in [0.05, 0.1) is 12.7 Å². The maximum absolute atomic E-state index is 11.7. The minimum absolute atomic E-state index is 0.322. The highest BCUT2D eigenvalue weighted by Crippen LogP contribution is 2.29. The molecule has 1 aromatic rings. The number of rotatable bonds is 6. The first kappa shape index (κ1) is 16.0. The van der Waals surface area contributed by atoms with E-state index in [-0.39, 0.29) is 5.97 Å². The summed E-state index contributed by atoms with van der Waals surface area (Å²) >= 11 is 3.34. The number of ether oxygens (including phenoxy) is 2. The molecule has 0 saturated carbocycles. The van der Waals surface area contributed by atoms with Gasteiger partial charge in [-0.05, 0) is 38.5 Å². The largest absolute Gasteiger partial charge is 0.478 e. The number of carbonyl (C=O) groups is 1. The van der Waals surface area contributed by atoms with Crippen LogP contribution in [0.25, 0.3) is 0 Å². The molecule has 0 bridgehead atoms. The molecule has 0 fully saturated rings. The van der Waals surface area contributed by atoms with Gasteiger partial charge in [0.25, 0.3) is 0 Å². The standard InChI is InChI=1S/C14H19BrO4/c1-4-12(14(17)18-5-2)19-13-7-6-10(15)8-11(13)9(3)16/h6-9,12,16H,4-5H2,1-3H3/t9-,12?/m1/s1. The van der Waals surface area contributed by atoms with E-state index < -0.39 is 12.2 Å². The molecule has 0 spiro atoms. The van der Waals surface area contributed by atoms with Crippen LogP contribution >= 0.6 is 15.9 Å². The Kier molecular flexibility index (Phi) is 6.31. The maximum atomic E-state index is 11.7. The highest BCUT2D eigenvalue weighted by molar-refractivity contribution is 9.10. The van der Waals surface area contributed by atoms with Gasteiger partial charge in [0.2, 0.25) is 0 Å². The van der Waals surface area contributed by atoms with Gasteiger partial charge in [0, 0.05) is 10.0 Å². The number of benzene rings is 1. The summed E-state index contributed by atoms with van der Waals surface area (Å²) < 4.78 is 11.5. The summed E-state index contributed by atoms with van der Waals surface area (Å²) in [7, 11) is 0. The third-order valence-corrected chi connectivity index (χ3v) is 3.10. The zero-order chi connectivity index (χ0) is 14.4. The predicted octanol–water partition coefficient (Wildman–Crippen LogP) is 3.22. The number of aliphatic hydroxyl groups is 1. The van der Waals surface area contributed by atoms with Crippen molar-refractivity contribution in [2.45, 2.75) is 39.4 Å². The third-order valence-electron chi connectivity index (χ3n) is 2.61. The Labute approximate surface area is 121 Å². The Hall–Kier alpha value is -1.07. The molecule has 0 aliphatic heterocycles. The van der Waals surface area contributed by atoms with Crippen LogP contribution in [0.4, 0.5) is 0 Å².